The molecule has 0 saturated carbocycles. The van der Waals surface area contributed by atoms with Crippen LogP contribution in [0.2, 0.25) is 0 Å². The minimum absolute atomic E-state index is 0.141. The van der Waals surface area contributed by atoms with Gasteiger partial charge in [-0.25, -0.2) is 9.59 Å². The lowest BCUT2D eigenvalue weighted by Crippen LogP contribution is -2.62. The second-order valence-electron chi connectivity index (χ2n) is 15.2. The Labute approximate surface area is 388 Å². The monoisotopic (exact) mass is 979 g/mol. The zero-order chi connectivity index (χ0) is 51.1. The summed E-state index contributed by atoms with van der Waals surface area (Å²) >= 11 is 5.73. The van der Waals surface area contributed by atoms with Gasteiger partial charge in [0.15, 0.2) is 12.1 Å². The van der Waals surface area contributed by atoms with E-state index in [0.717, 1.165) is 13.0 Å². The van der Waals surface area contributed by atoms with Crippen LogP contribution < -0.4 is 59.7 Å². The number of amides is 8. The lowest BCUT2D eigenvalue weighted by atomic mass is 10.0. The van der Waals surface area contributed by atoms with Crippen LogP contribution in [0.5, 0.6) is 0 Å². The summed E-state index contributed by atoms with van der Waals surface area (Å²) in [4.78, 5) is 145. The van der Waals surface area contributed by atoms with Crippen LogP contribution in [-0.4, -0.2) is 183 Å². The third kappa shape index (κ3) is 19.4. The van der Waals surface area contributed by atoms with E-state index in [1.54, 1.807) is 0 Å². The number of unbranched alkanes of at least 4 members (excludes halogenated alkanes) is 1. The van der Waals surface area contributed by atoms with Crippen LogP contribution in [0.3, 0.4) is 0 Å². The van der Waals surface area contributed by atoms with Crippen LogP contribution in [0.1, 0.15) is 59.3 Å². The molecule has 0 aromatic carbocycles. The number of carbonyl (C=O) groups excluding carboxylic acids is 9. The molecule has 0 aromatic heterocycles. The van der Waals surface area contributed by atoms with Crippen molar-refractivity contribution in [2.24, 2.45) is 23.1 Å². The summed E-state index contributed by atoms with van der Waals surface area (Å²) in [5, 5.41) is 68.1. The van der Waals surface area contributed by atoms with Gasteiger partial charge in [0.25, 0.3) is 5.91 Å². The molecule has 28 nitrogen and oxygen atoms in total. The van der Waals surface area contributed by atoms with Crippen LogP contribution in [0.25, 0.3) is 0 Å². The number of carboxylic acids is 2. The summed E-state index contributed by atoms with van der Waals surface area (Å²) in [6.07, 6.45) is -6.77. The summed E-state index contributed by atoms with van der Waals surface area (Å²) in [5.41, 5.74) is 16.2. The molecule has 1 saturated heterocycles. The molecule has 29 heteroatoms. The molecule has 0 aromatic rings. The summed E-state index contributed by atoms with van der Waals surface area (Å²) in [7, 11) is 0. The predicted molar refractivity (Wildman–Crippen MR) is 230 cm³/mol. The maximum Gasteiger partial charge on any atom is 0.335 e. The Morgan fingerprint density at radius 3 is 1.64 bits per heavy atom. The molecule has 0 spiro atoms. The van der Waals surface area contributed by atoms with Gasteiger partial charge in [0.2, 0.25) is 41.4 Å². The van der Waals surface area contributed by atoms with Crippen molar-refractivity contribution in [3.8, 4) is 0 Å². The fourth-order valence-corrected chi connectivity index (χ4v) is 6.12. The predicted octanol–water partition coefficient (Wildman–Crippen LogP) is -7.68. The number of carbonyl (C=O) groups is 11. The van der Waals surface area contributed by atoms with Gasteiger partial charge in [-0.2, -0.15) is 0 Å². The summed E-state index contributed by atoms with van der Waals surface area (Å²) in [5.74, 6) is -17.0. The molecule has 7 unspecified atom stereocenters. The third-order valence-corrected chi connectivity index (χ3v) is 10.1. The maximum atomic E-state index is 13.8. The molecule has 0 radical (unpaired) electrons. The van der Waals surface area contributed by atoms with Crippen molar-refractivity contribution < 1.29 is 83.0 Å². The Balaban J connectivity index is 3.92. The van der Waals surface area contributed by atoms with E-state index in [1.807, 2.05) is 10.6 Å². The molecule has 1 fully saturated rings. The van der Waals surface area contributed by atoms with E-state index in [9.17, 15) is 78.3 Å². The lowest BCUT2D eigenvalue weighted by molar-refractivity contribution is -0.155. The van der Waals surface area contributed by atoms with E-state index < -0.39 is 156 Å². The van der Waals surface area contributed by atoms with Gasteiger partial charge in [-0.05, 0) is 65.6 Å². The number of hydrogen-bond donors (Lipinski definition) is 16. The highest BCUT2D eigenvalue weighted by atomic mass is 35.5. The normalized spacial score (nSPS) is 27.1. The van der Waals surface area contributed by atoms with Crippen LogP contribution in [0, 0.1) is 5.92 Å². The molecular weight excluding hydrogens is 918 g/mol. The van der Waals surface area contributed by atoms with Crippen LogP contribution in [0.15, 0.2) is 11.8 Å². The van der Waals surface area contributed by atoms with E-state index in [4.69, 9.17) is 33.5 Å². The Morgan fingerprint density at radius 1 is 0.672 bits per heavy atom. The number of halogens is 1. The Bertz CT molecular complexity index is 1820. The fourth-order valence-electron chi connectivity index (χ4n) is 5.94. The fraction of sp³-hybridized carbons (Fsp3) is 0.658. The molecule has 0 aliphatic carbocycles. The van der Waals surface area contributed by atoms with E-state index in [1.165, 1.54) is 13.8 Å². The number of nitrogens with one attached hydrogen (secondary N) is 8. The highest BCUT2D eigenvalue weighted by Gasteiger charge is 2.40. The Kier molecular flexibility index (Phi) is 26.0. The highest BCUT2D eigenvalue weighted by Crippen LogP contribution is 2.10. The highest BCUT2D eigenvalue weighted by molar-refractivity contribution is 6.18. The number of nitrogens with two attached hydrogens (primary N) is 3. The SMILES string of the molecule is C/C=C1\NC(=O)C([C@H](C)O)NC(=O)C(CCN)NC(=O)C(CCCCN)NC(=O)C(CC(=O)O)NC(=O)[C@@H](CCN)NC(=O)[C@@H](C)COC(=O)C([C@H](O)CCl)NC(=O)C(C(O)C(=O)O)NC1=O. The van der Waals surface area contributed by atoms with E-state index in [2.05, 4.69) is 31.9 Å². The standard InChI is InChI=1S/C38H62ClN11O17/c1-4-18-30(57)50-27(28(55)37(64)65)36(63)49-26(23(52)14-39)38(66)67-15-16(2)29(56)44-20(8-11-41)32(59)47-22(13-24(53)54)34(61)45-19(7-5-6-10-40)31(58)46-21(9-12-42)33(60)48-25(17(3)51)35(62)43-18/h4,16-17,19-23,25-28,51-52,55H,5-15,40-42H2,1-3H3,(H,43,62)(H,44,56)(H,45,61)(H,46,58)(H,47,59)(H,48,60)(H,49,63)(H,50,57)(H,53,54)(H,64,65)/b18-4-/t16-,17-,19?,20+,21?,22?,23+,25?,26?,27?,28?/m0/s1. The number of aliphatic hydroxyl groups is 3. The number of aliphatic hydroxyl groups excluding tert-OH is 3. The lowest BCUT2D eigenvalue weighted by Gasteiger charge is -2.28. The molecule has 11 atom stereocenters. The van der Waals surface area contributed by atoms with Crippen LogP contribution in [-0.2, 0) is 57.5 Å². The molecule has 1 aliphatic rings. The van der Waals surface area contributed by atoms with Crippen molar-refractivity contribution in [2.75, 3.05) is 32.1 Å². The number of cyclic esters (lactones) is 1. The van der Waals surface area contributed by atoms with Gasteiger partial charge in [-0.15, -0.1) is 11.6 Å². The quantitative estimate of drug-likeness (QED) is 0.0314. The van der Waals surface area contributed by atoms with Crippen LogP contribution in [0.4, 0.5) is 0 Å². The molecule has 67 heavy (non-hydrogen) atoms. The van der Waals surface area contributed by atoms with Crippen molar-refractivity contribution in [1.82, 2.24) is 42.5 Å². The summed E-state index contributed by atoms with van der Waals surface area (Å²) in [6, 6.07) is -13.1. The van der Waals surface area contributed by atoms with Gasteiger partial charge in [0, 0.05) is 0 Å². The first kappa shape index (κ1) is 59.0. The van der Waals surface area contributed by atoms with E-state index in [0.29, 0.717) is 6.42 Å². The zero-order valence-electron chi connectivity index (χ0n) is 37.0. The molecule has 1 heterocycles. The number of aliphatic carboxylic acids is 2. The molecule has 378 valence electrons. The molecule has 1 aliphatic heterocycles. The number of hydrogen-bond acceptors (Lipinski definition) is 18. The molecule has 1 rings (SSSR count). The van der Waals surface area contributed by atoms with Gasteiger partial charge >= 0.3 is 17.9 Å². The summed E-state index contributed by atoms with van der Waals surface area (Å²) in [6.45, 7) is 2.29. The minimum atomic E-state index is -2.75. The average molecular weight is 980 g/mol. The van der Waals surface area contributed by atoms with Crippen molar-refractivity contribution in [2.45, 2.75) is 120 Å². The maximum absolute atomic E-state index is 13.8. The van der Waals surface area contributed by atoms with Gasteiger partial charge in [0.1, 0.15) is 48.6 Å². The van der Waals surface area contributed by atoms with E-state index in [-0.39, 0.29) is 45.3 Å². The molecule has 19 N–H and O–H groups in total. The third-order valence-electron chi connectivity index (χ3n) is 9.78. The smallest absolute Gasteiger partial charge is 0.335 e. The molecular formula is C38H62ClN11O17. The van der Waals surface area contributed by atoms with Crippen molar-refractivity contribution in [1.29, 1.82) is 0 Å². The van der Waals surface area contributed by atoms with Crippen molar-refractivity contribution in [3.63, 3.8) is 0 Å². The first-order valence-corrected chi connectivity index (χ1v) is 21.4. The average Bonchev–Trinajstić information content (AvgIpc) is 3.27. The van der Waals surface area contributed by atoms with Crippen LogP contribution >= 0.6 is 11.6 Å². The Hall–Kier alpha value is -6.04. The van der Waals surface area contributed by atoms with Gasteiger partial charge in [0.05, 0.1) is 30.4 Å². The van der Waals surface area contributed by atoms with Gasteiger partial charge in [-0.1, -0.05) is 13.0 Å². The number of ether oxygens (including phenoxy) is 1. The summed E-state index contributed by atoms with van der Waals surface area (Å²) < 4.78 is 5.11. The number of rotatable bonds is 15. The largest absolute Gasteiger partial charge is 0.481 e. The number of alkyl halides is 1. The minimum Gasteiger partial charge on any atom is -0.481 e. The van der Waals surface area contributed by atoms with Gasteiger partial charge < -0.3 is 90.0 Å². The molecule has 8 amide bonds. The van der Waals surface area contributed by atoms with Crippen molar-refractivity contribution >= 4 is 76.8 Å². The number of allylic oxidation sites excluding steroid dienone is 1. The van der Waals surface area contributed by atoms with Crippen molar-refractivity contribution in [3.05, 3.63) is 11.8 Å². The first-order chi connectivity index (χ1) is 31.5. The number of esters is 1. The Morgan fingerprint density at radius 2 is 1.16 bits per heavy atom. The second-order valence-corrected chi connectivity index (χ2v) is 15.5. The zero-order valence-corrected chi connectivity index (χ0v) is 37.7. The molecule has 0 bridgehead atoms. The topological polar surface area (TPSA) is 472 Å². The first-order valence-electron chi connectivity index (χ1n) is 20.9. The van der Waals surface area contributed by atoms with Gasteiger partial charge in [-0.3, -0.25) is 43.2 Å². The number of carboxylic acid groups (broad SMARTS) is 2. The van der Waals surface area contributed by atoms with E-state index >= 15 is 0 Å². The second kappa shape index (κ2) is 29.6.